The Morgan fingerprint density at radius 3 is 2.51 bits per heavy atom. The van der Waals surface area contributed by atoms with Crippen molar-refractivity contribution in [3.05, 3.63) is 91.6 Å². The Kier molecular flexibility index (Phi) is 7.21. The van der Waals surface area contributed by atoms with Gasteiger partial charge in [0, 0.05) is 13.5 Å². The summed E-state index contributed by atoms with van der Waals surface area (Å²) < 4.78 is 8.17. The van der Waals surface area contributed by atoms with Gasteiger partial charge in [0.25, 0.3) is 5.56 Å². The number of carbonyl (C=O) groups excluding carboxylic acids is 2. The van der Waals surface area contributed by atoms with E-state index in [2.05, 4.69) is 4.98 Å². The summed E-state index contributed by atoms with van der Waals surface area (Å²) in [6.45, 7) is -0.547. The van der Waals surface area contributed by atoms with Crippen molar-refractivity contribution >= 4 is 39.1 Å². The van der Waals surface area contributed by atoms with Crippen LogP contribution in [0.4, 0.5) is 5.82 Å². The first-order chi connectivity index (χ1) is 16.8. The minimum atomic E-state index is -0.825. The summed E-state index contributed by atoms with van der Waals surface area (Å²) in [7, 11) is 1.27. The number of para-hydroxylation sites is 1. The van der Waals surface area contributed by atoms with Crippen molar-refractivity contribution in [2.24, 2.45) is 7.05 Å². The molecule has 0 saturated carbocycles. The van der Waals surface area contributed by atoms with E-state index in [1.165, 1.54) is 7.05 Å². The third kappa shape index (κ3) is 5.38. The van der Waals surface area contributed by atoms with Gasteiger partial charge in [0.15, 0.2) is 6.61 Å². The molecule has 0 bridgehead atoms. The zero-order chi connectivity index (χ0) is 24.9. The molecule has 0 atom stereocenters. The third-order valence-electron chi connectivity index (χ3n) is 5.52. The number of hydrogen-bond donors (Lipinski definition) is 1. The van der Waals surface area contributed by atoms with Gasteiger partial charge < -0.3 is 10.5 Å². The van der Waals surface area contributed by atoms with Crippen LogP contribution in [0.25, 0.3) is 10.2 Å². The molecule has 2 aromatic heterocycles. The predicted octanol–water partition coefficient (Wildman–Crippen LogP) is 2.54. The van der Waals surface area contributed by atoms with E-state index in [1.54, 1.807) is 35.6 Å². The number of benzene rings is 2. The van der Waals surface area contributed by atoms with Crippen molar-refractivity contribution in [1.82, 2.24) is 14.1 Å². The molecule has 2 aromatic carbocycles. The number of ether oxygens (including phenoxy) is 1. The number of esters is 1. The molecule has 10 heteroatoms. The number of anilines is 1. The fourth-order valence-electron chi connectivity index (χ4n) is 3.67. The normalized spacial score (nSPS) is 11.0. The fraction of sp³-hybridized carbons (Fsp3) is 0.240. The number of nitrogen functional groups attached to an aromatic ring is 1. The second-order valence-electron chi connectivity index (χ2n) is 7.99. The molecule has 0 saturated heterocycles. The molecule has 4 aromatic rings. The number of nitrogens with zero attached hydrogens (tertiary/aromatic N) is 3. The van der Waals surface area contributed by atoms with Gasteiger partial charge in [0.1, 0.15) is 11.4 Å². The van der Waals surface area contributed by atoms with E-state index in [1.807, 2.05) is 30.3 Å². The van der Waals surface area contributed by atoms with Crippen LogP contribution in [0.1, 0.15) is 33.8 Å². The number of fused-ring (bicyclic) bond motifs is 1. The average molecular weight is 493 g/mol. The van der Waals surface area contributed by atoms with Crippen LogP contribution in [-0.4, -0.2) is 32.5 Å². The second-order valence-corrected chi connectivity index (χ2v) is 9.11. The van der Waals surface area contributed by atoms with Crippen molar-refractivity contribution in [3.8, 4) is 0 Å². The Hall–Kier alpha value is -4.05. The molecular weight excluding hydrogens is 468 g/mol. The number of Topliss-reactive ketones (excluding diaryl/α,β-unsaturated/α-hetero) is 1. The van der Waals surface area contributed by atoms with Crippen LogP contribution >= 0.6 is 11.3 Å². The lowest BCUT2D eigenvalue weighted by molar-refractivity contribution is -0.142. The highest BCUT2D eigenvalue weighted by atomic mass is 32.1. The van der Waals surface area contributed by atoms with Crippen LogP contribution in [-0.2, 0) is 29.5 Å². The van der Waals surface area contributed by atoms with Crippen LogP contribution < -0.4 is 17.0 Å². The van der Waals surface area contributed by atoms with E-state index in [0.717, 1.165) is 29.9 Å². The van der Waals surface area contributed by atoms with Gasteiger partial charge in [-0.25, -0.2) is 9.78 Å². The Bertz CT molecular complexity index is 1470. The number of aromatic nitrogens is 3. The lowest BCUT2D eigenvalue weighted by atomic mass is 10.2. The zero-order valence-electron chi connectivity index (χ0n) is 19.1. The molecule has 0 aliphatic rings. The number of ketones is 1. The lowest BCUT2D eigenvalue weighted by Crippen LogP contribution is -2.43. The first-order valence-electron chi connectivity index (χ1n) is 11.0. The molecule has 0 unspecified atom stereocenters. The van der Waals surface area contributed by atoms with Gasteiger partial charge in [-0.1, -0.05) is 42.5 Å². The molecule has 0 radical (unpaired) electrons. The minimum absolute atomic E-state index is 0.0888. The SMILES string of the molecule is Cn1c(=O)c(C(=O)COC(=O)CCCc2nc3ccccc3s2)c(N)n(Cc2ccccc2)c1=O. The zero-order valence-corrected chi connectivity index (χ0v) is 19.9. The van der Waals surface area contributed by atoms with Gasteiger partial charge in [0.05, 0.1) is 21.8 Å². The topological polar surface area (TPSA) is 126 Å². The van der Waals surface area contributed by atoms with Crippen molar-refractivity contribution < 1.29 is 14.3 Å². The van der Waals surface area contributed by atoms with E-state index in [4.69, 9.17) is 10.5 Å². The molecule has 35 heavy (non-hydrogen) atoms. The number of hydrogen-bond acceptors (Lipinski definition) is 8. The monoisotopic (exact) mass is 492 g/mol. The number of carbonyl (C=O) groups is 2. The Morgan fingerprint density at radius 1 is 1.06 bits per heavy atom. The molecule has 0 amide bonds. The summed E-state index contributed by atoms with van der Waals surface area (Å²) >= 11 is 1.58. The number of aryl methyl sites for hydroxylation is 1. The molecule has 0 aliphatic carbocycles. The van der Waals surface area contributed by atoms with Gasteiger partial charge in [-0.15, -0.1) is 11.3 Å². The van der Waals surface area contributed by atoms with Crippen molar-refractivity contribution in [2.45, 2.75) is 25.8 Å². The Balaban J connectivity index is 1.39. The molecule has 0 aliphatic heterocycles. The van der Waals surface area contributed by atoms with Gasteiger partial charge in [0.2, 0.25) is 5.78 Å². The van der Waals surface area contributed by atoms with E-state index in [-0.39, 0.29) is 24.3 Å². The van der Waals surface area contributed by atoms with Crippen LogP contribution in [0.15, 0.2) is 64.2 Å². The van der Waals surface area contributed by atoms with Gasteiger partial charge in [-0.2, -0.15) is 0 Å². The quantitative estimate of drug-likeness (QED) is 0.281. The van der Waals surface area contributed by atoms with Crippen LogP contribution in [0, 0.1) is 0 Å². The maximum atomic E-state index is 12.8. The first kappa shape index (κ1) is 24.1. The Labute approximate surface area is 204 Å². The highest BCUT2D eigenvalue weighted by Crippen LogP contribution is 2.22. The number of rotatable bonds is 9. The predicted molar refractivity (Wildman–Crippen MR) is 134 cm³/mol. The third-order valence-corrected chi connectivity index (χ3v) is 6.62. The van der Waals surface area contributed by atoms with Crippen LogP contribution in [0.3, 0.4) is 0 Å². The second kappa shape index (κ2) is 10.5. The summed E-state index contributed by atoms with van der Waals surface area (Å²) in [5.74, 6) is -1.57. The van der Waals surface area contributed by atoms with E-state index < -0.39 is 29.6 Å². The summed E-state index contributed by atoms with van der Waals surface area (Å²) in [6, 6.07) is 16.9. The highest BCUT2D eigenvalue weighted by molar-refractivity contribution is 7.18. The molecule has 4 rings (SSSR count). The van der Waals surface area contributed by atoms with Gasteiger partial charge in [-0.3, -0.25) is 23.5 Å². The summed E-state index contributed by atoms with van der Waals surface area (Å²) in [5, 5.41) is 0.923. The largest absolute Gasteiger partial charge is 0.457 e. The minimum Gasteiger partial charge on any atom is -0.457 e. The van der Waals surface area contributed by atoms with Crippen LogP contribution in [0.5, 0.6) is 0 Å². The maximum absolute atomic E-state index is 12.8. The fourth-order valence-corrected chi connectivity index (χ4v) is 4.67. The molecule has 0 spiro atoms. The lowest BCUT2D eigenvalue weighted by Gasteiger charge is -2.14. The summed E-state index contributed by atoms with van der Waals surface area (Å²) in [5.41, 5.74) is 5.93. The first-order valence-corrected chi connectivity index (χ1v) is 11.8. The van der Waals surface area contributed by atoms with Crippen LogP contribution in [0.2, 0.25) is 0 Å². The van der Waals surface area contributed by atoms with Gasteiger partial charge >= 0.3 is 11.7 Å². The number of nitrogens with two attached hydrogens (primary N) is 1. The van der Waals surface area contributed by atoms with E-state index >= 15 is 0 Å². The summed E-state index contributed by atoms with van der Waals surface area (Å²) in [6.07, 6.45) is 1.23. The van der Waals surface area contributed by atoms with E-state index in [9.17, 15) is 19.2 Å². The molecule has 9 nitrogen and oxygen atoms in total. The van der Waals surface area contributed by atoms with E-state index in [0.29, 0.717) is 12.8 Å². The van der Waals surface area contributed by atoms with Crippen molar-refractivity contribution in [3.63, 3.8) is 0 Å². The standard InChI is InChI=1S/C25H24N4O5S/c1-28-24(32)22(23(26)29(25(28)33)14-16-8-3-2-4-9-16)18(30)15-34-21(31)13-7-12-20-27-17-10-5-6-11-19(17)35-20/h2-6,8-11H,7,12-15,26H2,1H3. The molecular formula is C25H24N4O5S. The highest BCUT2D eigenvalue weighted by Gasteiger charge is 2.22. The molecule has 0 fully saturated rings. The molecule has 2 heterocycles. The number of thiazole rings is 1. The Morgan fingerprint density at radius 2 is 1.77 bits per heavy atom. The summed E-state index contributed by atoms with van der Waals surface area (Å²) in [4.78, 5) is 54.7. The molecule has 180 valence electrons. The van der Waals surface area contributed by atoms with Crippen molar-refractivity contribution in [1.29, 1.82) is 0 Å². The van der Waals surface area contributed by atoms with Crippen molar-refractivity contribution in [2.75, 3.05) is 12.3 Å². The maximum Gasteiger partial charge on any atom is 0.332 e. The van der Waals surface area contributed by atoms with Gasteiger partial charge in [-0.05, 0) is 30.5 Å². The average Bonchev–Trinajstić information content (AvgIpc) is 3.28. The smallest absolute Gasteiger partial charge is 0.332 e. The molecule has 2 N–H and O–H groups in total.